The minimum Gasteiger partial charge on any atom is -0.340 e. The van der Waals surface area contributed by atoms with E-state index in [4.69, 9.17) is 5.73 Å². The zero-order valence-electron chi connectivity index (χ0n) is 12.4. The molecule has 2 N–H and O–H groups in total. The van der Waals surface area contributed by atoms with E-state index in [0.717, 1.165) is 25.3 Å². The van der Waals surface area contributed by atoms with Gasteiger partial charge in [0.2, 0.25) is 5.91 Å². The Balaban J connectivity index is 1.88. The van der Waals surface area contributed by atoms with Gasteiger partial charge in [0.05, 0.1) is 6.54 Å². The van der Waals surface area contributed by atoms with Gasteiger partial charge in [-0.05, 0) is 37.8 Å². The molecule has 2 rings (SSSR count). The van der Waals surface area contributed by atoms with Crippen LogP contribution >= 0.6 is 11.8 Å². The molecular weight excluding hydrogens is 268 g/mol. The standard InChI is InChI=1S/C16H24N2OS/c1-12-5-6-14(13(2)8-12)11-20-15-4-3-7-18(10-15)16(19)9-17/h5-6,8,15H,3-4,7,9-11,17H2,1-2H3. The highest BCUT2D eigenvalue weighted by Gasteiger charge is 2.23. The van der Waals surface area contributed by atoms with Crippen LogP contribution in [0.15, 0.2) is 18.2 Å². The van der Waals surface area contributed by atoms with E-state index in [0.29, 0.717) is 5.25 Å². The van der Waals surface area contributed by atoms with Crippen LogP contribution < -0.4 is 5.73 Å². The van der Waals surface area contributed by atoms with Crippen molar-refractivity contribution in [2.45, 2.75) is 37.7 Å². The van der Waals surface area contributed by atoms with Crippen molar-refractivity contribution in [1.82, 2.24) is 4.90 Å². The maximum absolute atomic E-state index is 11.7. The third-order valence-corrected chi connectivity index (χ3v) is 5.21. The molecule has 3 nitrogen and oxygen atoms in total. The van der Waals surface area contributed by atoms with Crippen LogP contribution in [0, 0.1) is 13.8 Å². The predicted molar refractivity (Wildman–Crippen MR) is 85.9 cm³/mol. The van der Waals surface area contributed by atoms with E-state index in [1.54, 1.807) is 0 Å². The van der Waals surface area contributed by atoms with Crippen molar-refractivity contribution in [3.63, 3.8) is 0 Å². The summed E-state index contributed by atoms with van der Waals surface area (Å²) in [6.45, 7) is 6.16. The first-order valence-corrected chi connectivity index (χ1v) is 8.30. The fourth-order valence-corrected chi connectivity index (χ4v) is 4.00. The van der Waals surface area contributed by atoms with Crippen LogP contribution in [0.5, 0.6) is 0 Å². The lowest BCUT2D eigenvalue weighted by Crippen LogP contribution is -2.43. The second-order valence-electron chi connectivity index (χ2n) is 5.55. The summed E-state index contributed by atoms with van der Waals surface area (Å²) in [5, 5.41) is 0.542. The molecule has 1 aliphatic heterocycles. The Labute approximate surface area is 125 Å². The average Bonchev–Trinajstić information content (AvgIpc) is 2.46. The van der Waals surface area contributed by atoms with E-state index >= 15 is 0 Å². The molecule has 0 radical (unpaired) electrons. The second-order valence-corrected chi connectivity index (χ2v) is 6.84. The van der Waals surface area contributed by atoms with Gasteiger partial charge < -0.3 is 10.6 Å². The van der Waals surface area contributed by atoms with Crippen molar-refractivity contribution in [2.75, 3.05) is 19.6 Å². The van der Waals surface area contributed by atoms with Gasteiger partial charge in [-0.25, -0.2) is 0 Å². The molecule has 1 saturated heterocycles. The fraction of sp³-hybridized carbons (Fsp3) is 0.562. The molecule has 1 heterocycles. The van der Waals surface area contributed by atoms with Crippen molar-refractivity contribution < 1.29 is 4.79 Å². The molecule has 0 saturated carbocycles. The highest BCUT2D eigenvalue weighted by Crippen LogP contribution is 2.27. The van der Waals surface area contributed by atoms with Crippen LogP contribution in [-0.4, -0.2) is 35.7 Å². The molecule has 1 aromatic carbocycles. The predicted octanol–water partition coefficient (Wildman–Crippen LogP) is 2.49. The van der Waals surface area contributed by atoms with Gasteiger partial charge in [0.25, 0.3) is 0 Å². The number of nitrogens with zero attached hydrogens (tertiary/aromatic N) is 1. The summed E-state index contributed by atoms with van der Waals surface area (Å²) in [7, 11) is 0. The third-order valence-electron chi connectivity index (χ3n) is 3.88. The highest BCUT2D eigenvalue weighted by molar-refractivity contribution is 7.99. The minimum absolute atomic E-state index is 0.0850. The number of hydrogen-bond donors (Lipinski definition) is 1. The van der Waals surface area contributed by atoms with E-state index in [1.165, 1.54) is 23.1 Å². The number of carbonyl (C=O) groups excluding carboxylic acids is 1. The number of benzene rings is 1. The molecule has 110 valence electrons. The number of amides is 1. The zero-order chi connectivity index (χ0) is 14.5. The summed E-state index contributed by atoms with van der Waals surface area (Å²) in [5.41, 5.74) is 9.53. The first kappa shape index (κ1) is 15.4. The highest BCUT2D eigenvalue weighted by atomic mass is 32.2. The normalized spacial score (nSPS) is 19.1. The van der Waals surface area contributed by atoms with Gasteiger partial charge in [-0.15, -0.1) is 0 Å². The Morgan fingerprint density at radius 1 is 1.45 bits per heavy atom. The van der Waals surface area contributed by atoms with Crippen molar-refractivity contribution in [3.05, 3.63) is 34.9 Å². The van der Waals surface area contributed by atoms with E-state index < -0.39 is 0 Å². The van der Waals surface area contributed by atoms with Gasteiger partial charge in [-0.3, -0.25) is 4.79 Å². The number of likely N-dealkylation sites (tertiary alicyclic amines) is 1. The van der Waals surface area contributed by atoms with Crippen molar-refractivity contribution in [3.8, 4) is 0 Å². The second kappa shape index (κ2) is 7.14. The van der Waals surface area contributed by atoms with Crippen LogP contribution in [0.4, 0.5) is 0 Å². The topological polar surface area (TPSA) is 46.3 Å². The number of carbonyl (C=O) groups is 1. The Hall–Kier alpha value is -1.00. The summed E-state index contributed by atoms with van der Waals surface area (Å²) in [6, 6.07) is 6.64. The molecule has 1 aromatic rings. The SMILES string of the molecule is Cc1ccc(CSC2CCCN(C(=O)CN)C2)c(C)c1. The van der Waals surface area contributed by atoms with Crippen molar-refractivity contribution in [2.24, 2.45) is 5.73 Å². The van der Waals surface area contributed by atoms with Gasteiger partial charge >= 0.3 is 0 Å². The third kappa shape index (κ3) is 4.00. The summed E-state index contributed by atoms with van der Waals surface area (Å²) in [6.07, 6.45) is 2.29. The maximum atomic E-state index is 11.7. The van der Waals surface area contributed by atoms with Gasteiger partial charge in [0, 0.05) is 24.1 Å². The number of thioether (sulfide) groups is 1. The number of hydrogen-bond acceptors (Lipinski definition) is 3. The van der Waals surface area contributed by atoms with Crippen molar-refractivity contribution >= 4 is 17.7 Å². The quantitative estimate of drug-likeness (QED) is 0.927. The van der Waals surface area contributed by atoms with E-state index in [2.05, 4.69) is 32.0 Å². The first-order chi connectivity index (χ1) is 9.60. The molecule has 20 heavy (non-hydrogen) atoms. The van der Waals surface area contributed by atoms with Crippen LogP contribution in [0.25, 0.3) is 0 Å². The Bertz CT molecular complexity index is 476. The van der Waals surface area contributed by atoms with Crippen LogP contribution in [0.1, 0.15) is 29.5 Å². The van der Waals surface area contributed by atoms with E-state index in [9.17, 15) is 4.79 Å². The largest absolute Gasteiger partial charge is 0.340 e. The molecule has 1 aliphatic rings. The molecule has 0 aliphatic carbocycles. The lowest BCUT2D eigenvalue weighted by molar-refractivity contribution is -0.130. The van der Waals surface area contributed by atoms with Gasteiger partial charge in [-0.1, -0.05) is 23.8 Å². The van der Waals surface area contributed by atoms with Crippen LogP contribution in [-0.2, 0) is 10.5 Å². The zero-order valence-corrected chi connectivity index (χ0v) is 13.2. The number of rotatable bonds is 4. The lowest BCUT2D eigenvalue weighted by Gasteiger charge is -2.32. The molecule has 4 heteroatoms. The van der Waals surface area contributed by atoms with E-state index in [-0.39, 0.29) is 12.5 Å². The fourth-order valence-electron chi connectivity index (χ4n) is 2.65. The molecule has 0 spiro atoms. The maximum Gasteiger partial charge on any atom is 0.236 e. The first-order valence-electron chi connectivity index (χ1n) is 7.25. The monoisotopic (exact) mass is 292 g/mol. The molecule has 1 amide bonds. The van der Waals surface area contributed by atoms with E-state index in [1.807, 2.05) is 16.7 Å². The average molecular weight is 292 g/mol. The molecule has 1 fully saturated rings. The molecule has 1 atom stereocenters. The van der Waals surface area contributed by atoms with Crippen LogP contribution in [0.3, 0.4) is 0 Å². The summed E-state index contributed by atoms with van der Waals surface area (Å²) in [4.78, 5) is 13.6. The van der Waals surface area contributed by atoms with Crippen molar-refractivity contribution in [1.29, 1.82) is 0 Å². The minimum atomic E-state index is 0.0850. The smallest absolute Gasteiger partial charge is 0.236 e. The lowest BCUT2D eigenvalue weighted by atomic mass is 10.1. The van der Waals surface area contributed by atoms with Crippen LogP contribution in [0.2, 0.25) is 0 Å². The van der Waals surface area contributed by atoms with Gasteiger partial charge in [-0.2, -0.15) is 11.8 Å². The number of aryl methyl sites for hydroxylation is 2. The Morgan fingerprint density at radius 3 is 2.95 bits per heavy atom. The Morgan fingerprint density at radius 2 is 2.25 bits per heavy atom. The number of nitrogens with two attached hydrogens (primary N) is 1. The summed E-state index contributed by atoms with van der Waals surface area (Å²) in [5.74, 6) is 1.11. The summed E-state index contributed by atoms with van der Waals surface area (Å²) < 4.78 is 0. The van der Waals surface area contributed by atoms with Gasteiger partial charge in [0.15, 0.2) is 0 Å². The number of piperidine rings is 1. The Kier molecular flexibility index (Phi) is 5.49. The molecule has 0 bridgehead atoms. The molecule has 0 aromatic heterocycles. The molecule has 1 unspecified atom stereocenters. The molecular formula is C16H24N2OS. The van der Waals surface area contributed by atoms with Gasteiger partial charge in [0.1, 0.15) is 0 Å². The summed E-state index contributed by atoms with van der Waals surface area (Å²) >= 11 is 1.97.